The van der Waals surface area contributed by atoms with Gasteiger partial charge in [-0.2, -0.15) is 0 Å². The molecule has 13 aromatic rings. The molecule has 0 radical (unpaired) electrons. The van der Waals surface area contributed by atoms with Crippen LogP contribution < -0.4 is 20.7 Å². The lowest BCUT2D eigenvalue weighted by molar-refractivity contribution is 1.15. The van der Waals surface area contributed by atoms with Crippen molar-refractivity contribution >= 4 is 104 Å². The minimum absolute atomic E-state index is 1.14. The summed E-state index contributed by atoms with van der Waals surface area (Å²) in [5, 5.41) is 13.3. The van der Waals surface area contributed by atoms with Gasteiger partial charge in [-0.05, 0) is 80.4 Å². The van der Waals surface area contributed by atoms with E-state index in [0.717, 1.165) is 11.4 Å². The zero-order valence-electron chi connectivity index (χ0n) is 34.9. The van der Waals surface area contributed by atoms with Crippen LogP contribution >= 0.6 is 11.3 Å². The molecule has 0 amide bonds. The van der Waals surface area contributed by atoms with Crippen LogP contribution in [0.15, 0.2) is 243 Å². The van der Waals surface area contributed by atoms with E-state index in [-0.39, 0.29) is 0 Å². The van der Waals surface area contributed by atoms with E-state index in [2.05, 4.69) is 252 Å². The lowest BCUT2D eigenvalue weighted by atomic mass is 10.1. The molecule has 64 heavy (non-hydrogen) atoms. The Morgan fingerprint density at radius 3 is 1.59 bits per heavy atom. The summed E-state index contributed by atoms with van der Waals surface area (Å²) in [5.74, 6) is 0. The fourth-order valence-electron chi connectivity index (χ4n) is 10.8. The molecule has 3 heterocycles. The van der Waals surface area contributed by atoms with Crippen LogP contribution in [0.1, 0.15) is 0 Å². The second kappa shape index (κ2) is 14.7. The number of thiophene rings is 1. The average molecular weight is 849 g/mol. The van der Waals surface area contributed by atoms with Gasteiger partial charge in [-0.3, -0.25) is 0 Å². The Balaban J connectivity index is 1.13. The van der Waals surface area contributed by atoms with Crippen molar-refractivity contribution in [3.05, 3.63) is 243 Å². The molecule has 0 N–H and O–H groups in total. The molecule has 0 atom stereocenters. The van der Waals surface area contributed by atoms with Crippen molar-refractivity contribution in [2.45, 2.75) is 0 Å². The maximum Gasteiger partial charge on any atom is 0.181 e. The van der Waals surface area contributed by atoms with Gasteiger partial charge in [0.1, 0.15) is 0 Å². The van der Waals surface area contributed by atoms with Crippen LogP contribution in [0.25, 0.3) is 86.3 Å². The molecule has 13 rings (SSSR count). The summed E-state index contributed by atoms with van der Waals surface area (Å²) in [6, 6.07) is 90.6. The molecule has 0 bridgehead atoms. The second-order valence-corrected chi connectivity index (χ2v) is 21.6. The fraction of sp³-hybridized carbons (Fsp3) is 0. The Kier molecular flexibility index (Phi) is 8.45. The van der Waals surface area contributed by atoms with Gasteiger partial charge in [-0.15, -0.1) is 11.3 Å². The maximum atomic E-state index is 2.52. The number of hydrogen-bond donors (Lipinski definition) is 0. The maximum absolute atomic E-state index is 3.06. The van der Waals surface area contributed by atoms with Crippen molar-refractivity contribution in [1.29, 1.82) is 0 Å². The first-order valence-electron chi connectivity index (χ1n) is 22.0. The van der Waals surface area contributed by atoms with Crippen molar-refractivity contribution < 1.29 is 0 Å². The number of rotatable bonds is 7. The summed E-state index contributed by atoms with van der Waals surface area (Å²) in [6.45, 7) is 0. The molecular formula is C60H40N2SSi. The summed E-state index contributed by atoms with van der Waals surface area (Å²) in [5.41, 5.74) is 9.47. The molecule has 0 fully saturated rings. The first-order valence-corrected chi connectivity index (χ1v) is 24.8. The third-order valence-electron chi connectivity index (χ3n) is 13.5. The van der Waals surface area contributed by atoms with Crippen LogP contribution in [0.2, 0.25) is 0 Å². The molecule has 0 saturated carbocycles. The molecule has 0 aliphatic heterocycles. The fourth-order valence-corrected chi connectivity index (χ4v) is 17.6. The minimum Gasteiger partial charge on any atom is -0.309 e. The largest absolute Gasteiger partial charge is 0.309 e. The summed E-state index contributed by atoms with van der Waals surface area (Å²) in [4.78, 5) is 0. The smallest absolute Gasteiger partial charge is 0.181 e. The van der Waals surface area contributed by atoms with Crippen molar-refractivity contribution in [2.24, 2.45) is 0 Å². The molecule has 0 aliphatic carbocycles. The SMILES string of the molecule is c1ccc(-c2cccc(-n3c4ccccc4c4ccc(-n5c6ccccc6c6c([Si](c7ccccc7)(c7ccccc7)c7cccc8c7sc7ccccc78)cccc65)cc43)c2)cc1. The number of aromatic nitrogens is 2. The molecule has 2 nitrogen and oxygen atoms in total. The Hall–Kier alpha value is -7.76. The quantitative estimate of drug-likeness (QED) is 0.112. The lowest BCUT2D eigenvalue weighted by Crippen LogP contribution is -2.75. The molecule has 0 saturated heterocycles. The first-order chi connectivity index (χ1) is 31.8. The molecule has 300 valence electrons. The van der Waals surface area contributed by atoms with Crippen molar-refractivity contribution in [2.75, 3.05) is 0 Å². The van der Waals surface area contributed by atoms with Crippen molar-refractivity contribution in [3.8, 4) is 22.5 Å². The zero-order valence-corrected chi connectivity index (χ0v) is 36.7. The number of para-hydroxylation sites is 2. The van der Waals surface area contributed by atoms with E-state index in [9.17, 15) is 0 Å². The molecular weight excluding hydrogens is 809 g/mol. The van der Waals surface area contributed by atoms with Gasteiger partial charge in [0.2, 0.25) is 0 Å². The van der Waals surface area contributed by atoms with E-state index in [1.54, 1.807) is 0 Å². The van der Waals surface area contributed by atoms with Crippen LogP contribution in [0.3, 0.4) is 0 Å². The van der Waals surface area contributed by atoms with E-state index in [4.69, 9.17) is 0 Å². The number of nitrogens with zero attached hydrogens (tertiary/aromatic N) is 2. The Morgan fingerprint density at radius 1 is 0.312 bits per heavy atom. The average Bonchev–Trinajstić information content (AvgIpc) is 4.03. The van der Waals surface area contributed by atoms with Gasteiger partial charge in [-0.1, -0.05) is 194 Å². The molecule has 3 aromatic heterocycles. The van der Waals surface area contributed by atoms with E-state index < -0.39 is 8.07 Å². The van der Waals surface area contributed by atoms with Gasteiger partial charge in [0.25, 0.3) is 0 Å². The van der Waals surface area contributed by atoms with Crippen LogP contribution in [0, 0.1) is 0 Å². The van der Waals surface area contributed by atoms with Gasteiger partial charge >= 0.3 is 0 Å². The van der Waals surface area contributed by atoms with Gasteiger partial charge in [0.05, 0.1) is 22.1 Å². The summed E-state index contributed by atoms with van der Waals surface area (Å²) >= 11 is 1.94. The highest BCUT2D eigenvalue weighted by Gasteiger charge is 2.44. The van der Waals surface area contributed by atoms with Gasteiger partial charge < -0.3 is 9.13 Å². The van der Waals surface area contributed by atoms with E-state index in [1.807, 2.05) is 11.3 Å². The van der Waals surface area contributed by atoms with Crippen molar-refractivity contribution in [3.63, 3.8) is 0 Å². The highest BCUT2D eigenvalue weighted by Crippen LogP contribution is 2.39. The second-order valence-electron chi connectivity index (χ2n) is 16.8. The van der Waals surface area contributed by atoms with Crippen molar-refractivity contribution in [1.82, 2.24) is 9.13 Å². The predicted molar refractivity (Wildman–Crippen MR) is 277 cm³/mol. The van der Waals surface area contributed by atoms with Crippen LogP contribution in [-0.2, 0) is 0 Å². The topological polar surface area (TPSA) is 9.86 Å². The third-order valence-corrected chi connectivity index (χ3v) is 19.7. The van der Waals surface area contributed by atoms with Crippen LogP contribution in [0.4, 0.5) is 0 Å². The lowest BCUT2D eigenvalue weighted by Gasteiger charge is -2.35. The molecule has 0 unspecified atom stereocenters. The molecule has 10 aromatic carbocycles. The summed E-state index contributed by atoms with van der Waals surface area (Å²) in [6.07, 6.45) is 0. The molecule has 4 heteroatoms. The third kappa shape index (κ3) is 5.43. The minimum atomic E-state index is -3.06. The van der Waals surface area contributed by atoms with Gasteiger partial charge in [0, 0.05) is 53.1 Å². The van der Waals surface area contributed by atoms with Gasteiger partial charge in [-0.25, -0.2) is 0 Å². The normalized spacial score (nSPS) is 12.1. The summed E-state index contributed by atoms with van der Waals surface area (Å²) in [7, 11) is -3.06. The Labute approximate surface area is 376 Å². The monoisotopic (exact) mass is 848 g/mol. The van der Waals surface area contributed by atoms with Crippen LogP contribution in [-0.4, -0.2) is 17.2 Å². The highest BCUT2D eigenvalue weighted by molar-refractivity contribution is 7.31. The standard InChI is InChI=1S/C60H40N2SSi/c1-4-19-41(20-5-1)42-21-16-22-43(39-42)62-52-31-13-10-27-47(52)48-38-37-44(40-55(48)62)61-53-32-14-11-29-51(53)59-54(61)33-18-35-57(59)64(45-23-6-2-7-24-45,46-25-8-3-9-26-46)58-36-17-30-50-49-28-12-15-34-56(49)63-60(50)58/h1-40H. The van der Waals surface area contributed by atoms with Crippen LogP contribution in [0.5, 0.6) is 0 Å². The Bertz CT molecular complexity index is 3860. The van der Waals surface area contributed by atoms with E-state index in [0.29, 0.717) is 0 Å². The molecule has 0 spiro atoms. The number of fused-ring (bicyclic) bond motifs is 9. The van der Waals surface area contributed by atoms with Gasteiger partial charge in [0.15, 0.2) is 8.07 Å². The first kappa shape index (κ1) is 36.9. The highest BCUT2D eigenvalue weighted by atomic mass is 32.1. The summed E-state index contributed by atoms with van der Waals surface area (Å²) < 4.78 is 7.67. The zero-order chi connectivity index (χ0) is 42.2. The number of benzene rings is 10. The predicted octanol–water partition coefficient (Wildman–Crippen LogP) is 13.3. The number of hydrogen-bond acceptors (Lipinski definition) is 1. The van der Waals surface area contributed by atoms with E-state index in [1.165, 1.54) is 95.7 Å². The molecule has 0 aliphatic rings. The van der Waals surface area contributed by atoms with E-state index >= 15 is 0 Å². The Morgan fingerprint density at radius 2 is 0.828 bits per heavy atom.